The van der Waals surface area contributed by atoms with Gasteiger partial charge in [-0.25, -0.2) is 4.39 Å². The largest absolute Gasteiger partial charge is 0.392 e. The number of carbonyl (C=O) groups excluding carboxylic acids is 1. The summed E-state index contributed by atoms with van der Waals surface area (Å²) in [6.45, 7) is -0.879. The van der Waals surface area contributed by atoms with Crippen molar-refractivity contribution in [3.8, 4) is 0 Å². The second-order valence-corrected chi connectivity index (χ2v) is 9.90. The van der Waals surface area contributed by atoms with E-state index < -0.39 is 60.7 Å². The second-order valence-electron chi connectivity index (χ2n) is 8.25. The number of pyridine rings is 1. The van der Waals surface area contributed by atoms with E-state index in [2.05, 4.69) is 5.32 Å². The van der Waals surface area contributed by atoms with Crippen LogP contribution < -0.4 is 16.1 Å². The molecule has 1 aromatic carbocycles. The quantitative estimate of drug-likeness (QED) is 0.233. The lowest BCUT2D eigenvalue weighted by molar-refractivity contribution is -0.00962. The number of fused-ring (bicyclic) bond motifs is 1. The second kappa shape index (κ2) is 10.0. The molecule has 188 valence electrons. The average Bonchev–Trinajstić information content (AvgIpc) is 2.73. The summed E-state index contributed by atoms with van der Waals surface area (Å²) in [5.74, 6) is -2.54. The van der Waals surface area contributed by atoms with E-state index in [1.54, 1.807) is 0 Å². The third kappa shape index (κ3) is 6.16. The smallest absolute Gasteiger partial charge is 0.337 e. The number of hydrogen-bond donors (Lipinski definition) is 6. The molecular formula is C20H25F3N3O7P. The van der Waals surface area contributed by atoms with Crippen molar-refractivity contribution in [1.29, 1.82) is 0 Å². The van der Waals surface area contributed by atoms with Crippen molar-refractivity contribution < 1.29 is 42.5 Å². The number of benzene rings is 1. The summed E-state index contributed by atoms with van der Waals surface area (Å²) in [6, 6.07) is -2.35. The van der Waals surface area contributed by atoms with Gasteiger partial charge in [0.15, 0.2) is 6.23 Å². The number of aromatic nitrogens is 1. The third-order valence-electron chi connectivity index (χ3n) is 5.52. The van der Waals surface area contributed by atoms with E-state index >= 15 is 0 Å². The molecular weight excluding hydrogens is 482 g/mol. The molecule has 14 heteroatoms. The van der Waals surface area contributed by atoms with Gasteiger partial charge in [-0.15, -0.1) is 0 Å². The summed E-state index contributed by atoms with van der Waals surface area (Å²) in [6.07, 6.45) is 1.63. The van der Waals surface area contributed by atoms with E-state index in [0.29, 0.717) is 0 Å². The lowest BCUT2D eigenvalue weighted by Gasteiger charge is -2.25. The Labute approximate surface area is 191 Å². The van der Waals surface area contributed by atoms with Crippen molar-refractivity contribution >= 4 is 30.1 Å². The molecule has 1 saturated carbocycles. The number of carbonyl (C=O) groups is 1. The van der Waals surface area contributed by atoms with Gasteiger partial charge < -0.3 is 29.9 Å². The third-order valence-corrected chi connectivity index (χ3v) is 6.32. The maximum absolute atomic E-state index is 14.8. The van der Waals surface area contributed by atoms with Crippen molar-refractivity contribution in [2.24, 2.45) is 0 Å². The number of aliphatic hydroxyl groups excluding tert-OH is 2. The molecule has 10 nitrogen and oxygen atoms in total. The molecule has 6 N–H and O–H groups in total. The maximum atomic E-state index is 14.8. The molecule has 1 amide bonds. The molecule has 3 rings (SSSR count). The first-order valence-corrected chi connectivity index (χ1v) is 12.3. The van der Waals surface area contributed by atoms with Crippen LogP contribution in [0.1, 0.15) is 48.7 Å². The molecule has 1 heterocycles. The van der Waals surface area contributed by atoms with Crippen LogP contribution >= 0.6 is 7.60 Å². The maximum Gasteiger partial charge on any atom is 0.337 e. The van der Waals surface area contributed by atoms with Crippen LogP contribution in [0.25, 0.3) is 10.9 Å². The van der Waals surface area contributed by atoms with Crippen LogP contribution in [0.3, 0.4) is 0 Å². The fourth-order valence-corrected chi connectivity index (χ4v) is 4.57. The fourth-order valence-electron chi connectivity index (χ4n) is 3.98. The van der Waals surface area contributed by atoms with Gasteiger partial charge >= 0.3 is 13.6 Å². The van der Waals surface area contributed by atoms with E-state index in [9.17, 15) is 37.5 Å². The van der Waals surface area contributed by atoms with Gasteiger partial charge in [-0.3, -0.25) is 19.5 Å². The average molecular weight is 507 g/mol. The lowest BCUT2D eigenvalue weighted by Crippen LogP contribution is -2.45. The first-order valence-electron chi connectivity index (χ1n) is 10.5. The summed E-state index contributed by atoms with van der Waals surface area (Å²) < 4.78 is 54.3. The van der Waals surface area contributed by atoms with Crippen molar-refractivity contribution in [3.63, 3.8) is 0 Å². The summed E-state index contributed by atoms with van der Waals surface area (Å²) in [5, 5.41) is 23.3. The lowest BCUT2D eigenvalue weighted by atomic mass is 9.95. The highest BCUT2D eigenvalue weighted by Crippen LogP contribution is 2.39. The highest BCUT2D eigenvalue weighted by atomic mass is 31.2. The van der Waals surface area contributed by atoms with E-state index in [4.69, 9.17) is 9.79 Å². The Morgan fingerprint density at radius 2 is 1.88 bits per heavy atom. The molecule has 34 heavy (non-hydrogen) atoms. The number of aliphatic hydroxyl groups is 2. The standard InChI is InChI=1S/C20H25F3N3O7P/c21-14-6-12-16(7-15(14)24-11-4-2-1-3-5-11)26(17(28)9-27)8-13(18(12)29)19(30)25-20(22,23)10-34(31,32)33/h6-8,11,17,24,27-28H,1-5,9-10H2,(H,25,30)(H2,31,32,33). The molecule has 1 aliphatic carbocycles. The van der Waals surface area contributed by atoms with Crippen LogP contribution in [0, 0.1) is 5.82 Å². The Bertz CT molecular complexity index is 1180. The molecule has 1 unspecified atom stereocenters. The minimum Gasteiger partial charge on any atom is -0.392 e. The summed E-state index contributed by atoms with van der Waals surface area (Å²) in [4.78, 5) is 42.8. The number of hydrogen-bond acceptors (Lipinski definition) is 6. The van der Waals surface area contributed by atoms with Gasteiger partial charge in [-0.2, -0.15) is 8.78 Å². The first-order chi connectivity index (χ1) is 15.8. The zero-order valence-electron chi connectivity index (χ0n) is 17.9. The number of halogens is 3. The molecule has 1 atom stereocenters. The summed E-state index contributed by atoms with van der Waals surface area (Å²) in [5.41, 5.74) is -2.13. The van der Waals surface area contributed by atoms with Crippen molar-refractivity contribution in [2.75, 3.05) is 18.1 Å². The molecule has 1 aliphatic rings. The van der Waals surface area contributed by atoms with Gasteiger partial charge in [0.05, 0.1) is 17.8 Å². The van der Waals surface area contributed by atoms with Crippen molar-refractivity contribution in [2.45, 2.75) is 50.4 Å². The number of amides is 1. The molecule has 2 aromatic rings. The van der Waals surface area contributed by atoms with Crippen LogP contribution in [0.4, 0.5) is 18.9 Å². The topological polar surface area (TPSA) is 161 Å². The Morgan fingerprint density at radius 1 is 1.24 bits per heavy atom. The van der Waals surface area contributed by atoms with Crippen molar-refractivity contribution in [1.82, 2.24) is 9.88 Å². The Hall–Kier alpha value is -2.44. The number of nitrogens with zero attached hydrogens (tertiary/aromatic N) is 1. The van der Waals surface area contributed by atoms with Gasteiger partial charge in [0, 0.05) is 17.6 Å². The zero-order chi connectivity index (χ0) is 25.3. The molecule has 1 aromatic heterocycles. The molecule has 0 saturated heterocycles. The van der Waals surface area contributed by atoms with Crippen molar-refractivity contribution in [3.05, 3.63) is 39.9 Å². The predicted octanol–water partition coefficient (Wildman–Crippen LogP) is 1.87. The first kappa shape index (κ1) is 26.2. The highest BCUT2D eigenvalue weighted by molar-refractivity contribution is 7.51. The Kier molecular flexibility index (Phi) is 7.73. The number of anilines is 1. The van der Waals surface area contributed by atoms with Crippen LogP contribution in [-0.4, -0.2) is 55.3 Å². The molecule has 0 aliphatic heterocycles. The van der Waals surface area contributed by atoms with E-state index in [1.807, 2.05) is 0 Å². The summed E-state index contributed by atoms with van der Waals surface area (Å²) in [7, 11) is -5.22. The molecule has 0 radical (unpaired) electrons. The molecule has 1 fully saturated rings. The minimum absolute atomic E-state index is 0.00931. The van der Waals surface area contributed by atoms with Gasteiger partial charge in [0.1, 0.15) is 17.5 Å². The van der Waals surface area contributed by atoms with Gasteiger partial charge in [-0.1, -0.05) is 19.3 Å². The van der Waals surface area contributed by atoms with Crippen LogP contribution in [-0.2, 0) is 4.57 Å². The molecule has 0 bridgehead atoms. The monoisotopic (exact) mass is 507 g/mol. The fraction of sp³-hybridized carbons (Fsp3) is 0.500. The van der Waals surface area contributed by atoms with E-state index in [-0.39, 0.29) is 17.2 Å². The Morgan fingerprint density at radius 3 is 2.47 bits per heavy atom. The van der Waals surface area contributed by atoms with Crippen LogP contribution in [0.2, 0.25) is 0 Å². The van der Waals surface area contributed by atoms with E-state index in [1.165, 1.54) is 6.07 Å². The number of nitrogens with one attached hydrogen (secondary N) is 2. The van der Waals surface area contributed by atoms with Gasteiger partial charge in [-0.05, 0) is 25.0 Å². The number of rotatable bonds is 8. The molecule has 0 spiro atoms. The highest BCUT2D eigenvalue weighted by Gasteiger charge is 2.39. The van der Waals surface area contributed by atoms with Gasteiger partial charge in [0.25, 0.3) is 5.91 Å². The van der Waals surface area contributed by atoms with Crippen LogP contribution in [0.15, 0.2) is 23.1 Å². The van der Waals surface area contributed by atoms with Gasteiger partial charge in [0.2, 0.25) is 5.43 Å². The predicted molar refractivity (Wildman–Crippen MR) is 116 cm³/mol. The Balaban J connectivity index is 2.06. The summed E-state index contributed by atoms with van der Waals surface area (Å²) >= 11 is 0. The zero-order valence-corrected chi connectivity index (χ0v) is 18.8. The van der Waals surface area contributed by atoms with E-state index in [0.717, 1.165) is 54.3 Å². The number of alkyl halides is 2. The normalized spacial score (nSPS) is 16.4. The minimum atomic E-state index is -5.22. The SMILES string of the molecule is O=C(NC(F)(F)CP(=O)(O)O)c1cn(C(O)CO)c2cc(NC3CCCCC3)c(F)cc2c1=O. The van der Waals surface area contributed by atoms with Crippen LogP contribution in [0.5, 0.6) is 0 Å².